The Morgan fingerprint density at radius 3 is 2.29 bits per heavy atom. The molecule has 0 aromatic rings. The predicted molar refractivity (Wildman–Crippen MR) is 89.7 cm³/mol. The minimum Gasteiger partial charge on any atom is -0.355 e. The quantitative estimate of drug-likeness (QED) is 0.358. The van der Waals surface area contributed by atoms with Crippen molar-refractivity contribution < 1.29 is 0 Å². The van der Waals surface area contributed by atoms with Crippen LogP contribution in [0.4, 0.5) is 0 Å². The van der Waals surface area contributed by atoms with Gasteiger partial charge in [-0.1, -0.05) is 13.8 Å². The van der Waals surface area contributed by atoms with Crippen LogP contribution in [0.1, 0.15) is 27.7 Å². The Bertz CT molecular complexity index is 277. The molecule has 1 N–H and O–H groups in total. The average molecular weight is 371 g/mol. The summed E-state index contributed by atoms with van der Waals surface area (Å²) >= 11 is 1.86. The lowest BCUT2D eigenvalue weighted by molar-refractivity contribution is -0.0666. The number of thioether (sulfide) groups is 1. The SMILES string of the molecule is CN=C(NCCSC)N1CC(C)(C)C1(C)C.I. The molecule has 0 aromatic heterocycles. The molecule has 0 saturated carbocycles. The maximum Gasteiger partial charge on any atom is 0.194 e. The van der Waals surface area contributed by atoms with Crippen molar-refractivity contribution in [1.82, 2.24) is 10.2 Å². The molecule has 0 aliphatic carbocycles. The number of rotatable bonds is 3. The van der Waals surface area contributed by atoms with Crippen LogP contribution in [0.25, 0.3) is 0 Å². The molecule has 0 atom stereocenters. The lowest BCUT2D eigenvalue weighted by atomic mass is 9.65. The molecule has 3 nitrogen and oxygen atoms in total. The Hall–Kier alpha value is 0.350. The van der Waals surface area contributed by atoms with Gasteiger partial charge in [0.1, 0.15) is 0 Å². The number of nitrogens with one attached hydrogen (secondary N) is 1. The van der Waals surface area contributed by atoms with E-state index >= 15 is 0 Å². The molecule has 0 unspecified atom stereocenters. The third-order valence-electron chi connectivity index (χ3n) is 3.94. The number of likely N-dealkylation sites (tertiary alicyclic amines) is 1. The van der Waals surface area contributed by atoms with Crippen molar-refractivity contribution in [2.75, 3.05) is 32.1 Å². The lowest BCUT2D eigenvalue weighted by Crippen LogP contribution is -2.72. The molecular weight excluding hydrogens is 345 g/mol. The van der Waals surface area contributed by atoms with Gasteiger partial charge in [0, 0.05) is 36.8 Å². The first-order valence-corrected chi connectivity index (χ1v) is 7.23. The zero-order valence-electron chi connectivity index (χ0n) is 11.8. The number of hydrogen-bond acceptors (Lipinski definition) is 2. The van der Waals surface area contributed by atoms with Gasteiger partial charge >= 0.3 is 0 Å². The van der Waals surface area contributed by atoms with Crippen LogP contribution in [-0.4, -0.2) is 48.5 Å². The van der Waals surface area contributed by atoms with Gasteiger partial charge < -0.3 is 10.2 Å². The minimum atomic E-state index is 0. The van der Waals surface area contributed by atoms with Gasteiger partial charge in [-0.25, -0.2) is 0 Å². The summed E-state index contributed by atoms with van der Waals surface area (Å²) in [5, 5.41) is 3.42. The minimum absolute atomic E-state index is 0. The van der Waals surface area contributed by atoms with Gasteiger partial charge in [0.15, 0.2) is 5.96 Å². The maximum absolute atomic E-state index is 4.37. The monoisotopic (exact) mass is 371 g/mol. The molecule has 1 aliphatic rings. The van der Waals surface area contributed by atoms with Crippen LogP contribution in [0.15, 0.2) is 4.99 Å². The topological polar surface area (TPSA) is 27.6 Å². The number of nitrogens with zero attached hydrogens (tertiary/aromatic N) is 2. The Balaban J connectivity index is 0.00000256. The van der Waals surface area contributed by atoms with E-state index in [1.807, 2.05) is 18.8 Å². The first-order valence-electron chi connectivity index (χ1n) is 5.84. The highest BCUT2D eigenvalue weighted by atomic mass is 127. The van der Waals surface area contributed by atoms with Gasteiger partial charge in [0.05, 0.1) is 0 Å². The first-order chi connectivity index (χ1) is 7.36. The summed E-state index contributed by atoms with van der Waals surface area (Å²) in [5.74, 6) is 2.16. The van der Waals surface area contributed by atoms with Crippen molar-refractivity contribution in [3.05, 3.63) is 0 Å². The average Bonchev–Trinajstić information content (AvgIpc) is 2.22. The summed E-state index contributed by atoms with van der Waals surface area (Å²) in [6.45, 7) is 11.3. The normalized spacial score (nSPS) is 21.5. The van der Waals surface area contributed by atoms with Gasteiger partial charge in [0.2, 0.25) is 0 Å². The molecule has 1 aliphatic heterocycles. The second-order valence-corrected chi connectivity index (χ2v) is 6.48. The standard InChI is InChI=1S/C12H25N3S.HI/c1-11(2)9-15(12(11,3)4)10(13-5)14-7-8-16-6;/h7-9H2,1-6H3,(H,13,14);1H. The Labute approximate surface area is 127 Å². The van der Waals surface area contributed by atoms with Crippen molar-refractivity contribution in [1.29, 1.82) is 0 Å². The number of halogens is 1. The van der Waals surface area contributed by atoms with Crippen LogP contribution in [0.2, 0.25) is 0 Å². The highest BCUT2D eigenvalue weighted by molar-refractivity contribution is 14.0. The Morgan fingerprint density at radius 1 is 1.35 bits per heavy atom. The molecule has 1 heterocycles. The molecule has 1 saturated heterocycles. The summed E-state index contributed by atoms with van der Waals surface area (Å²) in [6, 6.07) is 0. The van der Waals surface area contributed by atoms with E-state index in [2.05, 4.69) is 49.2 Å². The molecule has 0 aromatic carbocycles. The van der Waals surface area contributed by atoms with Crippen LogP contribution in [0, 0.1) is 5.41 Å². The molecule has 1 rings (SSSR count). The lowest BCUT2D eigenvalue weighted by Gasteiger charge is -2.62. The summed E-state index contributed by atoms with van der Waals surface area (Å²) in [7, 11) is 1.86. The first kappa shape index (κ1) is 17.4. The number of aliphatic imine (C=N–C) groups is 1. The van der Waals surface area contributed by atoms with Gasteiger partial charge in [-0.05, 0) is 20.1 Å². The number of hydrogen-bond donors (Lipinski definition) is 1. The van der Waals surface area contributed by atoms with Crippen molar-refractivity contribution in [3.8, 4) is 0 Å². The summed E-state index contributed by atoms with van der Waals surface area (Å²) < 4.78 is 0. The predicted octanol–water partition coefficient (Wildman–Crippen LogP) is 2.66. The van der Waals surface area contributed by atoms with E-state index in [1.54, 1.807) is 0 Å². The fraction of sp³-hybridized carbons (Fsp3) is 0.917. The highest BCUT2D eigenvalue weighted by Gasteiger charge is 2.53. The second-order valence-electron chi connectivity index (χ2n) is 5.50. The van der Waals surface area contributed by atoms with Gasteiger partial charge in [-0.15, -0.1) is 24.0 Å². The van der Waals surface area contributed by atoms with E-state index in [4.69, 9.17) is 0 Å². The van der Waals surface area contributed by atoms with Crippen molar-refractivity contribution in [2.45, 2.75) is 33.2 Å². The fourth-order valence-corrected chi connectivity index (χ4v) is 2.27. The van der Waals surface area contributed by atoms with E-state index in [1.165, 1.54) is 0 Å². The summed E-state index contributed by atoms with van der Waals surface area (Å²) in [6.07, 6.45) is 2.13. The van der Waals surface area contributed by atoms with Gasteiger partial charge in [-0.2, -0.15) is 11.8 Å². The molecule has 102 valence electrons. The zero-order valence-corrected chi connectivity index (χ0v) is 15.0. The van der Waals surface area contributed by atoms with E-state index in [-0.39, 0.29) is 29.5 Å². The van der Waals surface area contributed by atoms with Crippen molar-refractivity contribution in [2.24, 2.45) is 10.4 Å². The third-order valence-corrected chi connectivity index (χ3v) is 4.55. The third kappa shape index (κ3) is 3.43. The van der Waals surface area contributed by atoms with Gasteiger partial charge in [-0.3, -0.25) is 4.99 Å². The zero-order chi connectivity index (χ0) is 12.4. The van der Waals surface area contributed by atoms with E-state index in [0.29, 0.717) is 5.41 Å². The molecule has 0 spiro atoms. The van der Waals surface area contributed by atoms with E-state index < -0.39 is 0 Å². The van der Waals surface area contributed by atoms with Crippen molar-refractivity contribution in [3.63, 3.8) is 0 Å². The van der Waals surface area contributed by atoms with Crippen LogP contribution in [-0.2, 0) is 0 Å². The summed E-state index contributed by atoms with van der Waals surface area (Å²) in [4.78, 5) is 6.73. The molecule has 0 amide bonds. The largest absolute Gasteiger partial charge is 0.355 e. The van der Waals surface area contributed by atoms with Crippen LogP contribution < -0.4 is 5.32 Å². The molecule has 17 heavy (non-hydrogen) atoms. The van der Waals surface area contributed by atoms with E-state index in [9.17, 15) is 0 Å². The Morgan fingerprint density at radius 2 is 1.94 bits per heavy atom. The van der Waals surface area contributed by atoms with Crippen LogP contribution in [0.5, 0.6) is 0 Å². The Kier molecular flexibility index (Phi) is 6.63. The molecular formula is C12H26IN3S. The van der Waals surface area contributed by atoms with E-state index in [0.717, 1.165) is 24.8 Å². The highest BCUT2D eigenvalue weighted by Crippen LogP contribution is 2.46. The number of guanidine groups is 1. The van der Waals surface area contributed by atoms with Crippen LogP contribution >= 0.6 is 35.7 Å². The second kappa shape index (κ2) is 6.50. The van der Waals surface area contributed by atoms with Crippen LogP contribution in [0.3, 0.4) is 0 Å². The summed E-state index contributed by atoms with van der Waals surface area (Å²) in [5.41, 5.74) is 0.554. The molecule has 0 bridgehead atoms. The van der Waals surface area contributed by atoms with Crippen molar-refractivity contribution >= 4 is 41.7 Å². The maximum atomic E-state index is 4.37. The molecule has 5 heteroatoms. The smallest absolute Gasteiger partial charge is 0.194 e. The molecule has 1 fully saturated rings. The molecule has 0 radical (unpaired) electrons. The van der Waals surface area contributed by atoms with Gasteiger partial charge in [0.25, 0.3) is 0 Å². The fourth-order valence-electron chi connectivity index (χ4n) is 1.96.